The number of rotatable bonds is 11. The van der Waals surface area contributed by atoms with E-state index in [2.05, 4.69) is 50.5 Å². The summed E-state index contributed by atoms with van der Waals surface area (Å²) in [5.41, 5.74) is 1.57. The van der Waals surface area contributed by atoms with Crippen molar-refractivity contribution in [1.82, 2.24) is 15.1 Å². The summed E-state index contributed by atoms with van der Waals surface area (Å²) in [7, 11) is -0.476. The third-order valence-corrected chi connectivity index (χ3v) is 7.64. The molecule has 2 aromatic rings. The molecule has 1 atom stereocenters. The number of hydrogen-bond donors (Lipinski definition) is 2. The maximum Gasteiger partial charge on any atom is 0.494 e. The lowest BCUT2D eigenvalue weighted by molar-refractivity contribution is -0.0366. The molecule has 0 aliphatic carbocycles. The average molecular weight is 559 g/mol. The summed E-state index contributed by atoms with van der Waals surface area (Å²) in [6, 6.07) is 4.22. The van der Waals surface area contributed by atoms with E-state index in [0.29, 0.717) is 26.3 Å². The molecule has 4 rings (SSSR count). The summed E-state index contributed by atoms with van der Waals surface area (Å²) in [4.78, 5) is 11.7. The van der Waals surface area contributed by atoms with Gasteiger partial charge in [0.15, 0.2) is 6.23 Å². The van der Waals surface area contributed by atoms with Gasteiger partial charge in [-0.3, -0.25) is 0 Å². The van der Waals surface area contributed by atoms with Gasteiger partial charge in [-0.1, -0.05) is 0 Å². The average Bonchev–Trinajstić information content (AvgIpc) is 3.39. The van der Waals surface area contributed by atoms with Crippen LogP contribution in [0.15, 0.2) is 18.3 Å². The fourth-order valence-corrected chi connectivity index (χ4v) is 4.77. The Morgan fingerprint density at radius 3 is 2.52 bits per heavy atom. The summed E-state index contributed by atoms with van der Waals surface area (Å²) in [6.07, 6.45) is 6.29. The van der Waals surface area contributed by atoms with Crippen molar-refractivity contribution in [2.24, 2.45) is 0 Å². The van der Waals surface area contributed by atoms with Crippen molar-refractivity contribution in [2.75, 3.05) is 38.2 Å². The molecule has 10 nitrogen and oxygen atoms in total. The van der Waals surface area contributed by atoms with Gasteiger partial charge in [0.25, 0.3) is 0 Å². The van der Waals surface area contributed by atoms with Gasteiger partial charge in [0.2, 0.25) is 0 Å². The van der Waals surface area contributed by atoms with Crippen LogP contribution in [-0.4, -0.2) is 72.7 Å². The molecule has 40 heavy (non-hydrogen) atoms. The number of aromatic nitrogens is 2. The number of amides is 1. The van der Waals surface area contributed by atoms with Crippen LogP contribution in [0.4, 0.5) is 10.5 Å². The van der Waals surface area contributed by atoms with E-state index in [1.165, 1.54) is 0 Å². The van der Waals surface area contributed by atoms with E-state index in [1.807, 2.05) is 31.6 Å². The molecule has 2 saturated heterocycles. The Kier molecular flexibility index (Phi) is 9.70. The van der Waals surface area contributed by atoms with Crippen molar-refractivity contribution < 1.29 is 28.3 Å². The van der Waals surface area contributed by atoms with E-state index < -0.39 is 23.9 Å². The molecule has 0 radical (unpaired) electrons. The van der Waals surface area contributed by atoms with Gasteiger partial charge in [0.1, 0.15) is 5.60 Å². The Morgan fingerprint density at radius 1 is 1.10 bits per heavy atom. The quantitative estimate of drug-likeness (QED) is 0.300. The van der Waals surface area contributed by atoms with Crippen LogP contribution in [0.3, 0.4) is 0 Å². The number of alkyl carbamates (subject to hydrolysis) is 1. The van der Waals surface area contributed by atoms with Crippen molar-refractivity contribution in [3.8, 4) is 0 Å². The minimum atomic E-state index is -0.488. The summed E-state index contributed by atoms with van der Waals surface area (Å²) < 4.78 is 31.9. The molecular formula is C29H47BN4O6. The first-order chi connectivity index (χ1) is 18.9. The molecule has 2 N–H and O–H groups in total. The SMILES string of the molecule is CC(C)(C)OC(=O)NCCCCOCCNc1cc(B2OC(C)(C)C(C)(C)O2)cc2c1cnn2C1CCCCO1. The maximum atomic E-state index is 11.7. The first kappa shape index (κ1) is 30.6. The van der Waals surface area contributed by atoms with Crippen molar-refractivity contribution in [3.05, 3.63) is 18.3 Å². The van der Waals surface area contributed by atoms with E-state index in [4.69, 9.17) is 28.6 Å². The second-order valence-corrected chi connectivity index (χ2v) is 12.7. The largest absolute Gasteiger partial charge is 0.494 e. The molecule has 1 aromatic carbocycles. The predicted molar refractivity (Wildman–Crippen MR) is 157 cm³/mol. The number of carbonyl (C=O) groups excluding carboxylic acids is 1. The number of anilines is 1. The Labute approximate surface area is 238 Å². The van der Waals surface area contributed by atoms with Crippen LogP contribution >= 0.6 is 0 Å². The summed E-state index contributed by atoms with van der Waals surface area (Å²) in [5, 5.41) is 12.1. The first-order valence-corrected chi connectivity index (χ1v) is 14.6. The van der Waals surface area contributed by atoms with Gasteiger partial charge in [-0.15, -0.1) is 0 Å². The Bertz CT molecular complexity index is 1120. The van der Waals surface area contributed by atoms with Gasteiger partial charge in [-0.2, -0.15) is 5.10 Å². The predicted octanol–water partition coefficient (Wildman–Crippen LogP) is 4.77. The normalized spacial score (nSPS) is 20.6. The van der Waals surface area contributed by atoms with Gasteiger partial charge in [-0.25, -0.2) is 9.48 Å². The number of hydrogen-bond acceptors (Lipinski definition) is 8. The van der Waals surface area contributed by atoms with Gasteiger partial charge in [0, 0.05) is 37.4 Å². The highest BCUT2D eigenvalue weighted by Crippen LogP contribution is 2.37. The first-order valence-electron chi connectivity index (χ1n) is 14.6. The number of unbranched alkanes of at least 4 members (excludes halogenated alkanes) is 1. The number of carbonyl (C=O) groups is 1. The molecule has 0 saturated carbocycles. The van der Waals surface area contributed by atoms with E-state index in [-0.39, 0.29) is 12.3 Å². The molecule has 222 valence electrons. The maximum absolute atomic E-state index is 11.7. The zero-order valence-corrected chi connectivity index (χ0v) is 25.3. The van der Waals surface area contributed by atoms with Crippen LogP contribution in [0.2, 0.25) is 0 Å². The fourth-order valence-electron chi connectivity index (χ4n) is 4.77. The highest BCUT2D eigenvalue weighted by atomic mass is 16.7. The Hall–Kier alpha value is -2.34. The van der Waals surface area contributed by atoms with Crippen LogP contribution < -0.4 is 16.1 Å². The minimum absolute atomic E-state index is 0.0687. The molecule has 11 heteroatoms. The molecule has 2 aliphatic heterocycles. The van der Waals surface area contributed by atoms with E-state index in [1.54, 1.807) is 0 Å². The van der Waals surface area contributed by atoms with Crippen LogP contribution in [-0.2, 0) is 23.5 Å². The summed E-state index contributed by atoms with van der Waals surface area (Å²) in [6.45, 7) is 17.0. The molecule has 0 spiro atoms. The molecule has 2 fully saturated rings. The van der Waals surface area contributed by atoms with Crippen LogP contribution in [0.1, 0.15) is 86.8 Å². The van der Waals surface area contributed by atoms with Crippen molar-refractivity contribution in [3.63, 3.8) is 0 Å². The lowest BCUT2D eigenvalue weighted by Crippen LogP contribution is -2.41. The number of fused-ring (bicyclic) bond motifs is 1. The van der Waals surface area contributed by atoms with Crippen LogP contribution in [0.25, 0.3) is 10.9 Å². The summed E-state index contributed by atoms with van der Waals surface area (Å²) in [5.74, 6) is 0. The van der Waals surface area contributed by atoms with Crippen LogP contribution in [0.5, 0.6) is 0 Å². The Balaban J connectivity index is 1.34. The molecule has 2 aliphatic rings. The standard InChI is InChI=1S/C29H47BN4O6/c1-27(2,3)38-26(35)32-13-9-11-15-36-17-14-31-23-18-21(30-39-28(4,5)29(6,7)40-30)19-24-22(23)20-33-34(24)25-12-8-10-16-37-25/h18-20,25,31H,8-17H2,1-7H3,(H,32,35). The third-order valence-electron chi connectivity index (χ3n) is 7.64. The molecule has 1 amide bonds. The van der Waals surface area contributed by atoms with Crippen molar-refractivity contribution in [1.29, 1.82) is 0 Å². The van der Waals surface area contributed by atoms with Crippen LogP contribution in [0, 0.1) is 0 Å². The molecule has 0 bridgehead atoms. The zero-order valence-electron chi connectivity index (χ0n) is 25.3. The molecule has 1 unspecified atom stereocenters. The molecule has 3 heterocycles. The molecule has 1 aromatic heterocycles. The van der Waals surface area contributed by atoms with Crippen molar-refractivity contribution >= 4 is 35.3 Å². The highest BCUT2D eigenvalue weighted by Gasteiger charge is 2.52. The highest BCUT2D eigenvalue weighted by molar-refractivity contribution is 6.62. The number of ether oxygens (including phenoxy) is 3. The smallest absolute Gasteiger partial charge is 0.444 e. The Morgan fingerprint density at radius 2 is 1.85 bits per heavy atom. The van der Waals surface area contributed by atoms with E-state index in [0.717, 1.165) is 60.8 Å². The second kappa shape index (κ2) is 12.7. The van der Waals surface area contributed by atoms with Gasteiger partial charge >= 0.3 is 13.2 Å². The topological polar surface area (TPSA) is 105 Å². The monoisotopic (exact) mass is 558 g/mol. The number of nitrogens with one attached hydrogen (secondary N) is 2. The lowest BCUT2D eigenvalue weighted by Gasteiger charge is -2.32. The molecular weight excluding hydrogens is 511 g/mol. The van der Waals surface area contributed by atoms with Gasteiger partial charge in [-0.05, 0) is 98.2 Å². The van der Waals surface area contributed by atoms with Gasteiger partial charge < -0.3 is 34.2 Å². The number of nitrogens with zero attached hydrogens (tertiary/aromatic N) is 2. The number of benzene rings is 1. The zero-order chi connectivity index (χ0) is 29.0. The van der Waals surface area contributed by atoms with Crippen molar-refractivity contribution in [2.45, 2.75) is 104 Å². The summed E-state index contributed by atoms with van der Waals surface area (Å²) >= 11 is 0. The third kappa shape index (κ3) is 7.69. The lowest BCUT2D eigenvalue weighted by atomic mass is 9.78. The fraction of sp³-hybridized carbons (Fsp3) is 0.724. The second-order valence-electron chi connectivity index (χ2n) is 12.7. The van der Waals surface area contributed by atoms with E-state index >= 15 is 0 Å². The van der Waals surface area contributed by atoms with Gasteiger partial charge in [0.05, 0.1) is 29.5 Å². The van der Waals surface area contributed by atoms with E-state index in [9.17, 15) is 4.79 Å². The minimum Gasteiger partial charge on any atom is -0.444 e.